The number of primary amides is 1. The number of anilines is 4. The van der Waals surface area contributed by atoms with Crippen LogP contribution in [-0.4, -0.2) is 45.5 Å². The van der Waals surface area contributed by atoms with Crippen LogP contribution in [0.4, 0.5) is 49.1 Å². The summed E-state index contributed by atoms with van der Waals surface area (Å²) in [7, 11) is 1.19. The first-order valence-corrected chi connectivity index (χ1v) is 14.5. The van der Waals surface area contributed by atoms with E-state index in [0.29, 0.717) is 28.3 Å². The van der Waals surface area contributed by atoms with Crippen molar-refractivity contribution in [3.05, 3.63) is 120 Å². The molecule has 0 aliphatic heterocycles. The first-order valence-electron chi connectivity index (χ1n) is 14.1. The van der Waals surface area contributed by atoms with Crippen molar-refractivity contribution < 1.29 is 59.8 Å². The van der Waals surface area contributed by atoms with Gasteiger partial charge in [-0.1, -0.05) is 61.4 Å². The van der Waals surface area contributed by atoms with Crippen LogP contribution in [0.15, 0.2) is 101 Å². The second-order valence-electron chi connectivity index (χ2n) is 9.84. The minimum absolute atomic E-state index is 0. The van der Waals surface area contributed by atoms with Crippen LogP contribution in [0.5, 0.6) is 0 Å². The minimum Gasteiger partial charge on any atom is -0.475 e. The van der Waals surface area contributed by atoms with Crippen LogP contribution in [0.3, 0.4) is 0 Å². The van der Waals surface area contributed by atoms with E-state index in [9.17, 15) is 45.5 Å². The van der Waals surface area contributed by atoms with Gasteiger partial charge in [-0.3, -0.25) is 9.59 Å². The van der Waals surface area contributed by atoms with E-state index in [2.05, 4.69) is 37.2 Å². The van der Waals surface area contributed by atoms with Crippen molar-refractivity contribution in [2.24, 2.45) is 5.73 Å². The highest BCUT2D eigenvalue weighted by Crippen LogP contribution is 2.33. The van der Waals surface area contributed by atoms with Crippen LogP contribution < -0.4 is 22.5 Å². The van der Waals surface area contributed by atoms with Crippen LogP contribution in [0.25, 0.3) is 11.5 Å². The predicted octanol–water partition coefficient (Wildman–Crippen LogP) is 11.0. The monoisotopic (exact) mass is 848 g/mol. The molecule has 0 radical (unpaired) electrons. The Morgan fingerprint density at radius 3 is 1.48 bits per heavy atom. The maximum Gasteiger partial charge on any atom is 0.416 e. The van der Waals surface area contributed by atoms with Gasteiger partial charge in [0.1, 0.15) is 0 Å². The third kappa shape index (κ3) is 17.1. The van der Waals surface area contributed by atoms with Gasteiger partial charge in [0.2, 0.25) is 0 Å². The summed E-state index contributed by atoms with van der Waals surface area (Å²) in [5, 5.41) is 19.4. The zero-order chi connectivity index (χ0) is 38.6. The predicted molar refractivity (Wildman–Crippen MR) is 213 cm³/mol. The molecule has 4 aromatic carbocycles. The van der Waals surface area contributed by atoms with E-state index in [-0.39, 0.29) is 60.6 Å². The number of nitrogens with zero attached hydrogens (tertiary/aromatic N) is 2. The molecule has 20 heteroatoms. The molecule has 1 heterocycles. The molecular formula is C38H47ClF6N6O7. The smallest absolute Gasteiger partial charge is 0.416 e. The van der Waals surface area contributed by atoms with E-state index in [0.717, 1.165) is 24.3 Å². The number of hydrogen-bond acceptors (Lipinski definition) is 11. The number of nitrogens with one attached hydrogen (secondary N) is 2. The molecule has 0 spiro atoms. The Bertz CT molecular complexity index is 2010. The number of nitrogens with two attached hydrogens (primary N) is 1. The maximum absolute atomic E-state index is 12.6. The Morgan fingerprint density at radius 2 is 1.09 bits per heavy atom. The molecule has 8 N–H and O–H groups in total. The highest BCUT2D eigenvalue weighted by molar-refractivity contribution is 6.79. The van der Waals surface area contributed by atoms with E-state index in [4.69, 9.17) is 15.3 Å². The molecule has 58 heavy (non-hydrogen) atoms. The van der Waals surface area contributed by atoms with Crippen molar-refractivity contribution in [2.45, 2.75) is 49.5 Å². The van der Waals surface area contributed by atoms with Crippen molar-refractivity contribution >= 4 is 57.4 Å². The molecule has 0 aliphatic rings. The number of halogens is 7. The summed E-state index contributed by atoms with van der Waals surface area (Å²) in [5.41, 5.74) is 6.35. The van der Waals surface area contributed by atoms with Gasteiger partial charge in [0.15, 0.2) is 0 Å². The number of carbonyl (C=O) groups excluding carboxylic acids is 3. The lowest BCUT2D eigenvalue weighted by atomic mass is 10.1. The molecule has 1 amide bonds. The van der Waals surface area contributed by atoms with Crippen LogP contribution in [0.2, 0.25) is 0 Å². The van der Waals surface area contributed by atoms with Gasteiger partial charge in [0.05, 0.1) is 40.7 Å². The van der Waals surface area contributed by atoms with Crippen molar-refractivity contribution in [2.75, 3.05) is 17.7 Å². The average Bonchev–Trinajstić information content (AvgIpc) is 3.59. The standard InChI is InChI=1S/C17H12F3N3O3.C14H11F3N2O.C2HClO3.5CH4.H3N/c1-25-16(24)15-23-22-14(26-15)12-4-2-3-5-13(12)21-11-8-6-10(7-9-11)17(18,19)20;15-14(16,17)9-5-7-10(8-6-9)19-12-4-2-1-3-11(12)13(18)20;3-1(4)2(5)6;;;;;;/h2-9,21H,1H3;1-8,19H,(H2,18,20);(H,5,6);5*1H4;1H3. The number of aromatic nitrogens is 2. The molecule has 0 fully saturated rings. The summed E-state index contributed by atoms with van der Waals surface area (Å²) < 4.78 is 85.0. The number of hydrogen-bond donors (Lipinski definition) is 5. The molecule has 1 aromatic heterocycles. The molecule has 5 aromatic rings. The molecule has 0 unspecified atom stereocenters. The van der Waals surface area contributed by atoms with Crippen molar-refractivity contribution in [1.82, 2.24) is 16.3 Å². The Balaban J connectivity index is -0.000000411. The van der Waals surface area contributed by atoms with Crippen LogP contribution in [0.1, 0.15) is 69.3 Å². The van der Waals surface area contributed by atoms with Gasteiger partial charge in [-0.2, -0.15) is 26.3 Å². The summed E-state index contributed by atoms with van der Waals surface area (Å²) in [6, 6.07) is 22.4. The quantitative estimate of drug-likeness (QED) is 0.0426. The topological polar surface area (TPSA) is 222 Å². The van der Waals surface area contributed by atoms with Gasteiger partial charge in [0.25, 0.3) is 11.8 Å². The summed E-state index contributed by atoms with van der Waals surface area (Å²) in [6.07, 6.45) is -8.77. The van der Waals surface area contributed by atoms with E-state index in [1.807, 2.05) is 0 Å². The molecule has 0 atom stereocenters. The number of esters is 1. The first-order chi connectivity index (χ1) is 24.4. The number of rotatable bonds is 8. The molecular weight excluding hydrogens is 802 g/mol. The summed E-state index contributed by atoms with van der Waals surface area (Å²) in [5.74, 6) is -3.22. The molecule has 0 saturated heterocycles. The van der Waals surface area contributed by atoms with E-state index in [1.54, 1.807) is 42.5 Å². The van der Waals surface area contributed by atoms with E-state index >= 15 is 0 Å². The summed E-state index contributed by atoms with van der Waals surface area (Å²) >= 11 is 4.37. The zero-order valence-electron chi connectivity index (χ0n) is 27.0. The fourth-order valence-electron chi connectivity index (χ4n) is 3.88. The Hall–Kier alpha value is -6.47. The third-order valence-electron chi connectivity index (χ3n) is 6.29. The molecule has 0 aliphatic carbocycles. The second-order valence-corrected chi connectivity index (χ2v) is 10.2. The third-order valence-corrected chi connectivity index (χ3v) is 6.45. The Kier molecular flexibility index (Phi) is 25.7. The van der Waals surface area contributed by atoms with Crippen molar-refractivity contribution in [1.29, 1.82) is 0 Å². The van der Waals surface area contributed by atoms with Gasteiger partial charge in [-0.15, -0.1) is 10.2 Å². The number of aliphatic carboxylic acids is 1. The normalized spacial score (nSPS) is 9.66. The molecule has 5 rings (SSSR count). The largest absolute Gasteiger partial charge is 0.475 e. The number of carboxylic acid groups (broad SMARTS) is 1. The fourth-order valence-corrected chi connectivity index (χ4v) is 3.88. The number of carboxylic acids is 1. The van der Waals surface area contributed by atoms with E-state index < -0.39 is 46.6 Å². The number of carbonyl (C=O) groups is 4. The van der Waals surface area contributed by atoms with Crippen molar-refractivity contribution in [3.63, 3.8) is 0 Å². The van der Waals surface area contributed by atoms with Gasteiger partial charge in [-0.25, -0.2) is 9.59 Å². The highest BCUT2D eigenvalue weighted by Gasteiger charge is 2.31. The molecule has 320 valence electrons. The first kappa shape index (κ1) is 58.2. The summed E-state index contributed by atoms with van der Waals surface area (Å²) in [4.78, 5) is 41.2. The number of para-hydroxylation sites is 2. The van der Waals surface area contributed by atoms with Gasteiger partial charge >= 0.3 is 35.4 Å². The Morgan fingerprint density at radius 1 is 0.690 bits per heavy atom. The number of methoxy groups -OCH3 is 1. The van der Waals surface area contributed by atoms with Crippen LogP contribution in [0, 0.1) is 0 Å². The van der Waals surface area contributed by atoms with Gasteiger partial charge in [0, 0.05) is 11.4 Å². The lowest BCUT2D eigenvalue weighted by Crippen LogP contribution is -2.13. The summed E-state index contributed by atoms with van der Waals surface area (Å²) in [6.45, 7) is 0. The molecule has 0 bridgehead atoms. The molecule has 13 nitrogen and oxygen atoms in total. The zero-order valence-corrected chi connectivity index (χ0v) is 27.7. The lowest BCUT2D eigenvalue weighted by molar-refractivity contribution is -0.145. The second kappa shape index (κ2) is 25.6. The van der Waals surface area contributed by atoms with Gasteiger partial charge in [-0.05, 0) is 84.4 Å². The van der Waals surface area contributed by atoms with Crippen LogP contribution in [-0.2, 0) is 26.7 Å². The molecule has 0 saturated carbocycles. The van der Waals surface area contributed by atoms with E-state index in [1.165, 1.54) is 37.4 Å². The average molecular weight is 849 g/mol. The van der Waals surface area contributed by atoms with Gasteiger partial charge < -0.3 is 36.8 Å². The Labute approximate surface area is 337 Å². The van der Waals surface area contributed by atoms with Crippen molar-refractivity contribution in [3.8, 4) is 11.5 Å². The maximum atomic E-state index is 12.6. The lowest BCUT2D eigenvalue weighted by Gasteiger charge is -2.11. The SMILES string of the molecule is C.C.C.C.C.COC(=O)c1nnc(-c2ccccc2Nc2ccc(C(F)(F)F)cc2)o1.N.NC(=O)c1ccccc1Nc1ccc(C(F)(F)F)cc1.O=C(O)C(=O)Cl. The highest BCUT2D eigenvalue weighted by atomic mass is 35.5. The number of amides is 1. The van der Waals surface area contributed by atoms with Crippen LogP contribution >= 0.6 is 11.6 Å². The number of alkyl halides is 6. The fraction of sp³-hybridized carbons (Fsp3) is 0.211. The minimum atomic E-state index is -4.40. The number of benzene rings is 4. The number of ether oxygens (including phenoxy) is 1.